The van der Waals surface area contributed by atoms with Crippen molar-refractivity contribution < 1.29 is 23.2 Å². The molecule has 1 saturated heterocycles. The SMILES string of the molecule is O=C1C2=CC=CCN2C(Cc2cnc(Cl)s2)N(O)C1c1cccc(-c2ccc(C(F)(F)F)nc2)c1. The van der Waals surface area contributed by atoms with Crippen molar-refractivity contribution >= 4 is 28.7 Å². The van der Waals surface area contributed by atoms with Gasteiger partial charge in [0.2, 0.25) is 5.78 Å². The number of allylic oxidation sites excluding steroid dienone is 2. The zero-order valence-corrected chi connectivity index (χ0v) is 19.6. The molecular formula is C24H18ClF3N4O2S. The number of Topliss-reactive ketones (excluding diaryl/α,β-unsaturated/α-hetero) is 1. The predicted molar refractivity (Wildman–Crippen MR) is 125 cm³/mol. The van der Waals surface area contributed by atoms with Crippen molar-refractivity contribution in [2.75, 3.05) is 6.54 Å². The molecule has 2 atom stereocenters. The van der Waals surface area contributed by atoms with Crippen molar-refractivity contribution in [3.8, 4) is 11.1 Å². The maximum Gasteiger partial charge on any atom is 0.433 e. The van der Waals surface area contributed by atoms with E-state index in [1.165, 1.54) is 17.4 Å². The molecule has 1 aromatic carbocycles. The lowest BCUT2D eigenvalue weighted by Crippen LogP contribution is -2.57. The van der Waals surface area contributed by atoms with Crippen LogP contribution in [0.3, 0.4) is 0 Å². The van der Waals surface area contributed by atoms with Crippen LogP contribution in [0.4, 0.5) is 13.2 Å². The number of alkyl halides is 3. The van der Waals surface area contributed by atoms with Gasteiger partial charge in [0.25, 0.3) is 0 Å². The summed E-state index contributed by atoms with van der Waals surface area (Å²) in [6, 6.07) is 8.06. The van der Waals surface area contributed by atoms with Crippen LogP contribution in [-0.4, -0.2) is 43.6 Å². The number of carbonyl (C=O) groups is 1. The summed E-state index contributed by atoms with van der Waals surface area (Å²) in [6.07, 6.45) is 3.52. The van der Waals surface area contributed by atoms with Gasteiger partial charge in [-0.15, -0.1) is 11.3 Å². The number of benzene rings is 1. The van der Waals surface area contributed by atoms with Crippen LogP contribution in [0.2, 0.25) is 4.47 Å². The second kappa shape index (κ2) is 9.19. The summed E-state index contributed by atoms with van der Waals surface area (Å²) >= 11 is 7.29. The number of fused-ring (bicyclic) bond motifs is 1. The van der Waals surface area contributed by atoms with Crippen LogP contribution in [0, 0.1) is 0 Å². The number of rotatable bonds is 4. The van der Waals surface area contributed by atoms with Gasteiger partial charge in [-0.05, 0) is 29.3 Å². The fraction of sp³-hybridized carbons (Fsp3) is 0.208. The van der Waals surface area contributed by atoms with Gasteiger partial charge in [0.15, 0.2) is 4.47 Å². The summed E-state index contributed by atoms with van der Waals surface area (Å²) in [4.78, 5) is 23.7. The molecule has 1 fully saturated rings. The Kier molecular flexibility index (Phi) is 6.22. The highest BCUT2D eigenvalue weighted by Crippen LogP contribution is 2.38. The summed E-state index contributed by atoms with van der Waals surface area (Å²) in [5.74, 6) is -0.280. The Labute approximate surface area is 207 Å². The first-order valence-electron chi connectivity index (χ1n) is 10.6. The number of ketones is 1. The van der Waals surface area contributed by atoms with E-state index in [2.05, 4.69) is 9.97 Å². The topological polar surface area (TPSA) is 69.6 Å². The minimum Gasteiger partial charge on any atom is -0.347 e. The number of hydrogen-bond acceptors (Lipinski definition) is 7. The largest absolute Gasteiger partial charge is 0.433 e. The number of carbonyl (C=O) groups excluding carboxylic acids is 1. The number of pyridine rings is 1. The number of nitrogens with zero attached hydrogens (tertiary/aromatic N) is 4. The molecule has 4 heterocycles. The van der Waals surface area contributed by atoms with E-state index < -0.39 is 24.1 Å². The number of hydrogen-bond donors (Lipinski definition) is 1. The third-order valence-corrected chi connectivity index (χ3v) is 7.07. The molecule has 2 aliphatic heterocycles. The third-order valence-electron chi connectivity index (χ3n) is 5.93. The zero-order chi connectivity index (χ0) is 24.7. The molecule has 6 nitrogen and oxygen atoms in total. The van der Waals surface area contributed by atoms with E-state index >= 15 is 0 Å². The van der Waals surface area contributed by atoms with Crippen LogP contribution in [0.1, 0.15) is 22.2 Å². The van der Waals surface area contributed by atoms with Crippen LogP contribution in [0.25, 0.3) is 11.1 Å². The van der Waals surface area contributed by atoms with Crippen molar-refractivity contribution in [2.24, 2.45) is 0 Å². The molecule has 3 aromatic rings. The van der Waals surface area contributed by atoms with Gasteiger partial charge in [0.05, 0.1) is 5.70 Å². The minimum absolute atomic E-state index is 0.280. The van der Waals surface area contributed by atoms with Gasteiger partial charge >= 0.3 is 6.18 Å². The van der Waals surface area contributed by atoms with Crippen LogP contribution in [0.5, 0.6) is 0 Å². The smallest absolute Gasteiger partial charge is 0.347 e. The summed E-state index contributed by atoms with van der Waals surface area (Å²) in [7, 11) is 0. The quantitative estimate of drug-likeness (QED) is 0.491. The maximum atomic E-state index is 13.5. The van der Waals surface area contributed by atoms with Gasteiger partial charge in [0, 0.05) is 35.8 Å². The van der Waals surface area contributed by atoms with E-state index in [-0.39, 0.29) is 5.78 Å². The molecule has 0 saturated carbocycles. The molecule has 2 aliphatic rings. The van der Waals surface area contributed by atoms with Crippen molar-refractivity contribution in [1.82, 2.24) is 19.9 Å². The van der Waals surface area contributed by atoms with Crippen LogP contribution in [0.15, 0.2) is 72.7 Å². The highest BCUT2D eigenvalue weighted by Gasteiger charge is 2.44. The van der Waals surface area contributed by atoms with Gasteiger partial charge in [0.1, 0.15) is 17.9 Å². The van der Waals surface area contributed by atoms with E-state index in [9.17, 15) is 23.2 Å². The first-order valence-corrected chi connectivity index (χ1v) is 11.8. The van der Waals surface area contributed by atoms with E-state index in [1.54, 1.807) is 42.6 Å². The highest BCUT2D eigenvalue weighted by molar-refractivity contribution is 7.15. The second-order valence-electron chi connectivity index (χ2n) is 8.10. The third kappa shape index (κ3) is 4.62. The molecule has 0 spiro atoms. The summed E-state index contributed by atoms with van der Waals surface area (Å²) < 4.78 is 39.1. The maximum absolute atomic E-state index is 13.5. The summed E-state index contributed by atoms with van der Waals surface area (Å²) in [5.41, 5.74) is 1.05. The zero-order valence-electron chi connectivity index (χ0n) is 18.0. The lowest BCUT2D eigenvalue weighted by molar-refractivity contribution is -0.209. The van der Waals surface area contributed by atoms with Gasteiger partial charge in [-0.25, -0.2) is 4.98 Å². The van der Waals surface area contributed by atoms with E-state index in [4.69, 9.17) is 11.6 Å². The van der Waals surface area contributed by atoms with Crippen molar-refractivity contribution in [3.05, 3.63) is 93.3 Å². The van der Waals surface area contributed by atoms with E-state index in [1.807, 2.05) is 11.0 Å². The molecule has 0 radical (unpaired) electrons. The number of aromatic nitrogens is 2. The molecule has 1 N–H and O–H groups in total. The number of hydroxylamine groups is 2. The van der Waals surface area contributed by atoms with Gasteiger partial charge < -0.3 is 10.1 Å². The molecule has 2 unspecified atom stereocenters. The molecule has 2 aromatic heterocycles. The summed E-state index contributed by atoms with van der Waals surface area (Å²) in [6.45, 7) is 0.454. The minimum atomic E-state index is -4.53. The Balaban J connectivity index is 1.50. The Hall–Kier alpha value is -3.05. The average Bonchev–Trinajstić information content (AvgIpc) is 3.26. The molecular weight excluding hydrogens is 501 g/mol. The Morgan fingerprint density at radius 2 is 1.97 bits per heavy atom. The molecule has 180 valence electrons. The predicted octanol–water partition coefficient (Wildman–Crippen LogP) is 5.52. The van der Waals surface area contributed by atoms with Crippen LogP contribution in [-0.2, 0) is 17.4 Å². The molecule has 35 heavy (non-hydrogen) atoms. The molecule has 0 bridgehead atoms. The average molecular weight is 519 g/mol. The second-order valence-corrected chi connectivity index (χ2v) is 9.80. The van der Waals surface area contributed by atoms with E-state index in [0.717, 1.165) is 22.2 Å². The summed E-state index contributed by atoms with van der Waals surface area (Å²) in [5, 5.41) is 12.3. The number of thiazole rings is 1. The molecule has 11 heteroatoms. The number of halogens is 4. The molecule has 0 amide bonds. The monoisotopic (exact) mass is 518 g/mol. The van der Waals surface area contributed by atoms with Crippen LogP contribution < -0.4 is 0 Å². The lowest BCUT2D eigenvalue weighted by Gasteiger charge is -2.46. The lowest BCUT2D eigenvalue weighted by atomic mass is 9.92. The van der Waals surface area contributed by atoms with Crippen LogP contribution >= 0.6 is 22.9 Å². The standard InChI is InChI=1S/C24H18ClF3N4O2S/c25-23-30-13-17(35-23)11-20-31-9-2-1-6-18(31)22(33)21(32(20)34)15-5-3-4-14(10-15)16-7-8-19(29-12-16)24(26,27)28/h1-8,10,12-13,20-21,34H,9,11H2. The van der Waals surface area contributed by atoms with Gasteiger partial charge in [-0.3, -0.25) is 9.78 Å². The van der Waals surface area contributed by atoms with Crippen molar-refractivity contribution in [3.63, 3.8) is 0 Å². The Bertz CT molecular complexity index is 1320. The highest BCUT2D eigenvalue weighted by atomic mass is 35.5. The van der Waals surface area contributed by atoms with Crippen molar-refractivity contribution in [2.45, 2.75) is 24.8 Å². The molecule has 0 aliphatic carbocycles. The van der Waals surface area contributed by atoms with E-state index in [0.29, 0.717) is 39.8 Å². The fourth-order valence-corrected chi connectivity index (χ4v) is 5.30. The normalized spacial score (nSPS) is 20.7. The Morgan fingerprint density at radius 3 is 2.66 bits per heavy atom. The molecule has 5 rings (SSSR count). The Morgan fingerprint density at radius 1 is 1.14 bits per heavy atom. The first kappa shape index (κ1) is 23.7. The fourth-order valence-electron chi connectivity index (χ4n) is 4.30. The van der Waals surface area contributed by atoms with Gasteiger partial charge in [-0.2, -0.15) is 18.2 Å². The van der Waals surface area contributed by atoms with Gasteiger partial charge in [-0.1, -0.05) is 48.0 Å². The van der Waals surface area contributed by atoms with Crippen molar-refractivity contribution in [1.29, 1.82) is 0 Å². The first-order chi connectivity index (χ1) is 16.7.